The minimum Gasteiger partial charge on any atom is -0.495 e. The Morgan fingerprint density at radius 3 is 2.46 bits per heavy atom. The van der Waals surface area contributed by atoms with E-state index in [1.54, 1.807) is 24.3 Å². The summed E-state index contributed by atoms with van der Waals surface area (Å²) in [5.74, 6) is -3.26. The predicted molar refractivity (Wildman–Crippen MR) is 95.7 cm³/mol. The van der Waals surface area contributed by atoms with Crippen molar-refractivity contribution in [2.45, 2.75) is 6.92 Å². The smallest absolute Gasteiger partial charge is 0.239 e. The molecule has 0 bridgehead atoms. The number of nitrogens with one attached hydrogen (secondary N) is 1. The number of carbonyl (C=O) groups excluding carboxylic acids is 2. The molecule has 0 unspecified atom stereocenters. The molecule has 2 rings (SSSR count). The topological polar surface area (TPSA) is 89.5 Å². The van der Waals surface area contributed by atoms with Crippen LogP contribution in [0.25, 0.3) is 0 Å². The fourth-order valence-corrected chi connectivity index (χ4v) is 3.43. The van der Waals surface area contributed by atoms with Gasteiger partial charge in [-0.05, 0) is 42.8 Å². The maximum absolute atomic E-state index is 13.2. The fraction of sp³-hybridized carbons (Fsp3) is 0.222. The maximum Gasteiger partial charge on any atom is 0.239 e. The van der Waals surface area contributed by atoms with E-state index < -0.39 is 38.9 Å². The van der Waals surface area contributed by atoms with E-state index in [0.29, 0.717) is 11.4 Å². The fourth-order valence-electron chi connectivity index (χ4n) is 2.29. The number of hydrogen-bond donors (Lipinski definition) is 1. The highest BCUT2D eigenvalue weighted by Gasteiger charge is 2.22. The summed E-state index contributed by atoms with van der Waals surface area (Å²) in [7, 11) is -2.57. The third kappa shape index (κ3) is 5.13. The summed E-state index contributed by atoms with van der Waals surface area (Å²) in [6, 6.07) is 10.1. The summed E-state index contributed by atoms with van der Waals surface area (Å²) in [5, 5.41) is 2.44. The van der Waals surface area contributed by atoms with Crippen LogP contribution in [0.15, 0.2) is 42.5 Å². The van der Waals surface area contributed by atoms with Crippen molar-refractivity contribution >= 4 is 27.2 Å². The minimum atomic E-state index is -3.99. The van der Waals surface area contributed by atoms with Crippen LogP contribution in [0.1, 0.15) is 15.9 Å². The van der Waals surface area contributed by atoms with Crippen LogP contribution in [0.4, 0.5) is 10.1 Å². The first kappa shape index (κ1) is 19.6. The Balaban J connectivity index is 2.04. The number of ketones is 1. The first-order chi connectivity index (χ1) is 12.2. The lowest BCUT2D eigenvalue weighted by atomic mass is 10.1. The summed E-state index contributed by atoms with van der Waals surface area (Å²) >= 11 is 0. The molecular weight excluding hydrogens is 361 g/mol. The highest BCUT2D eigenvalue weighted by molar-refractivity contribution is 7.92. The van der Waals surface area contributed by atoms with Crippen LogP contribution in [0.2, 0.25) is 0 Å². The Labute approximate surface area is 150 Å². The lowest BCUT2D eigenvalue weighted by Gasteiger charge is -2.10. The normalized spacial score (nSPS) is 11.0. The molecule has 2 aromatic rings. The molecule has 0 aliphatic rings. The molecule has 0 aromatic heterocycles. The molecule has 0 spiro atoms. The van der Waals surface area contributed by atoms with Gasteiger partial charge in [-0.15, -0.1) is 0 Å². The first-order valence-corrected chi connectivity index (χ1v) is 9.46. The molecular formula is C18H18FNO5S. The summed E-state index contributed by atoms with van der Waals surface area (Å²) in [6.07, 6.45) is 0. The van der Waals surface area contributed by atoms with Gasteiger partial charge in [-0.1, -0.05) is 12.1 Å². The average Bonchev–Trinajstić information content (AvgIpc) is 2.56. The number of hydrogen-bond acceptors (Lipinski definition) is 5. The number of rotatable bonds is 7. The summed E-state index contributed by atoms with van der Waals surface area (Å²) in [6.45, 7) is 1.47. The Hall–Kier alpha value is -2.74. The summed E-state index contributed by atoms with van der Waals surface area (Å²) in [5.41, 5.74) is 0.649. The van der Waals surface area contributed by atoms with Crippen molar-refractivity contribution < 1.29 is 27.1 Å². The van der Waals surface area contributed by atoms with Gasteiger partial charge in [0.25, 0.3) is 0 Å². The largest absolute Gasteiger partial charge is 0.495 e. The van der Waals surface area contributed by atoms with Gasteiger partial charge in [0.2, 0.25) is 5.91 Å². The van der Waals surface area contributed by atoms with Crippen molar-refractivity contribution in [3.63, 3.8) is 0 Å². The second-order valence-corrected chi connectivity index (χ2v) is 7.73. The zero-order valence-electron chi connectivity index (χ0n) is 14.3. The number of halogens is 1. The van der Waals surface area contributed by atoms with Crippen molar-refractivity contribution in [1.29, 1.82) is 0 Å². The molecule has 8 heteroatoms. The van der Waals surface area contributed by atoms with E-state index in [4.69, 9.17) is 4.74 Å². The Morgan fingerprint density at radius 2 is 1.81 bits per heavy atom. The van der Waals surface area contributed by atoms with Gasteiger partial charge in [0.1, 0.15) is 23.1 Å². The average molecular weight is 379 g/mol. The first-order valence-electron chi connectivity index (χ1n) is 7.64. The number of Topliss-reactive ketones (excluding diaryl/α,β-unsaturated/α-hetero) is 1. The molecule has 1 N–H and O–H groups in total. The zero-order chi connectivity index (χ0) is 19.3. The highest BCUT2D eigenvalue weighted by atomic mass is 32.2. The van der Waals surface area contributed by atoms with Crippen LogP contribution < -0.4 is 10.1 Å². The number of benzene rings is 2. The van der Waals surface area contributed by atoms with E-state index >= 15 is 0 Å². The van der Waals surface area contributed by atoms with Crippen molar-refractivity contribution in [3.8, 4) is 5.75 Å². The van der Waals surface area contributed by atoms with E-state index in [-0.39, 0.29) is 11.1 Å². The maximum atomic E-state index is 13.2. The Morgan fingerprint density at radius 1 is 1.12 bits per heavy atom. The van der Waals surface area contributed by atoms with Crippen molar-refractivity contribution in [2.24, 2.45) is 0 Å². The summed E-state index contributed by atoms with van der Waals surface area (Å²) in [4.78, 5) is 24.1. The number of para-hydroxylation sites is 2. The lowest BCUT2D eigenvalue weighted by molar-refractivity contribution is -0.113. The number of anilines is 1. The van der Waals surface area contributed by atoms with Crippen LogP contribution in [0, 0.1) is 12.7 Å². The molecule has 26 heavy (non-hydrogen) atoms. The van der Waals surface area contributed by atoms with Crippen LogP contribution in [-0.4, -0.2) is 38.7 Å². The van der Waals surface area contributed by atoms with Gasteiger partial charge in [0.05, 0.1) is 12.8 Å². The number of aryl methyl sites for hydroxylation is 1. The van der Waals surface area contributed by atoms with Gasteiger partial charge >= 0.3 is 0 Å². The molecule has 0 saturated heterocycles. The monoisotopic (exact) mass is 379 g/mol. The second kappa shape index (κ2) is 8.09. The quantitative estimate of drug-likeness (QED) is 0.746. The number of methoxy groups -OCH3 is 1. The van der Waals surface area contributed by atoms with Gasteiger partial charge in [-0.3, -0.25) is 9.59 Å². The molecule has 0 saturated carbocycles. The van der Waals surface area contributed by atoms with Gasteiger partial charge in [0, 0.05) is 5.56 Å². The molecule has 0 aliphatic carbocycles. The molecule has 6 nitrogen and oxygen atoms in total. The predicted octanol–water partition coefficient (Wildman–Crippen LogP) is 2.38. The molecule has 0 atom stereocenters. The van der Waals surface area contributed by atoms with Crippen LogP contribution in [0.5, 0.6) is 5.75 Å². The molecule has 0 fully saturated rings. The highest BCUT2D eigenvalue weighted by Crippen LogP contribution is 2.23. The number of sulfone groups is 1. The molecule has 2 aromatic carbocycles. The molecule has 0 heterocycles. The minimum absolute atomic E-state index is 0.0811. The zero-order valence-corrected chi connectivity index (χ0v) is 15.1. The third-order valence-electron chi connectivity index (χ3n) is 3.56. The van der Waals surface area contributed by atoms with Crippen molar-refractivity contribution in [1.82, 2.24) is 0 Å². The lowest BCUT2D eigenvalue weighted by Crippen LogP contribution is -2.27. The molecule has 0 aliphatic heterocycles. The Kier molecular flexibility index (Phi) is 6.10. The SMILES string of the molecule is COc1ccccc1NC(=O)CS(=O)(=O)CC(=O)c1ccc(F)c(C)c1. The van der Waals surface area contributed by atoms with E-state index in [2.05, 4.69) is 5.32 Å². The van der Waals surface area contributed by atoms with Crippen LogP contribution >= 0.6 is 0 Å². The Bertz CT molecular complexity index is 940. The van der Waals surface area contributed by atoms with Crippen LogP contribution in [-0.2, 0) is 14.6 Å². The standard InChI is InChI=1S/C18H18FNO5S/c1-12-9-13(7-8-14(12)19)16(21)10-26(23,24)11-18(22)20-15-5-3-4-6-17(15)25-2/h3-9H,10-11H2,1-2H3,(H,20,22). The van der Waals surface area contributed by atoms with Gasteiger partial charge in [-0.25, -0.2) is 12.8 Å². The molecule has 138 valence electrons. The van der Waals surface area contributed by atoms with E-state index in [0.717, 1.165) is 6.07 Å². The number of ether oxygens (including phenoxy) is 1. The van der Waals surface area contributed by atoms with E-state index in [1.807, 2.05) is 0 Å². The van der Waals surface area contributed by atoms with Crippen molar-refractivity contribution in [2.75, 3.05) is 23.9 Å². The third-order valence-corrected chi connectivity index (χ3v) is 4.97. The van der Waals surface area contributed by atoms with Gasteiger partial charge in [0.15, 0.2) is 15.6 Å². The second-order valence-electron chi connectivity index (χ2n) is 5.67. The number of carbonyl (C=O) groups is 2. The van der Waals surface area contributed by atoms with E-state index in [9.17, 15) is 22.4 Å². The van der Waals surface area contributed by atoms with Crippen LogP contribution in [0.3, 0.4) is 0 Å². The van der Waals surface area contributed by atoms with E-state index in [1.165, 1.54) is 26.2 Å². The molecule has 0 radical (unpaired) electrons. The number of amides is 1. The van der Waals surface area contributed by atoms with Gasteiger partial charge in [-0.2, -0.15) is 0 Å². The van der Waals surface area contributed by atoms with Crippen molar-refractivity contribution in [3.05, 3.63) is 59.4 Å². The summed E-state index contributed by atoms with van der Waals surface area (Å²) < 4.78 is 42.6. The van der Waals surface area contributed by atoms with Gasteiger partial charge < -0.3 is 10.1 Å². The molecule has 1 amide bonds.